The topological polar surface area (TPSA) is 67.8 Å². The molecule has 1 aliphatic rings. The number of ether oxygens (including phenoxy) is 2. The highest BCUT2D eigenvalue weighted by Gasteiger charge is 2.33. The number of aliphatic hydroxyl groups excluding tert-OH is 1. The second-order valence-electron chi connectivity index (χ2n) is 4.85. The van der Waals surface area contributed by atoms with Gasteiger partial charge in [-0.2, -0.15) is 0 Å². The van der Waals surface area contributed by atoms with Gasteiger partial charge in [-0.25, -0.2) is 0 Å². The maximum Gasteiger partial charge on any atom is 0.258 e. The second kappa shape index (κ2) is 7.06. The van der Waals surface area contributed by atoms with Crippen LogP contribution in [0.1, 0.15) is 12.8 Å². The molecule has 1 amide bonds. The molecule has 0 radical (unpaired) electrons. The van der Waals surface area contributed by atoms with Crippen molar-refractivity contribution in [3.05, 3.63) is 28.7 Å². The van der Waals surface area contributed by atoms with Gasteiger partial charge in [-0.1, -0.05) is 22.0 Å². The predicted octanol–water partition coefficient (Wildman–Crippen LogP) is 1.49. The maximum absolute atomic E-state index is 11.9. The predicted molar refractivity (Wildman–Crippen MR) is 77.6 cm³/mol. The highest BCUT2D eigenvalue weighted by Crippen LogP contribution is 2.20. The van der Waals surface area contributed by atoms with Gasteiger partial charge >= 0.3 is 0 Å². The largest absolute Gasteiger partial charge is 0.484 e. The molecule has 6 heteroatoms. The molecule has 1 saturated heterocycles. The minimum atomic E-state index is -0.573. The Bertz CT molecular complexity index is 460. The monoisotopic (exact) mass is 343 g/mol. The molecule has 0 spiro atoms. The van der Waals surface area contributed by atoms with Gasteiger partial charge in [0.05, 0.1) is 12.1 Å². The van der Waals surface area contributed by atoms with E-state index in [2.05, 4.69) is 21.2 Å². The van der Waals surface area contributed by atoms with E-state index in [1.165, 1.54) is 0 Å². The number of amides is 1. The van der Waals surface area contributed by atoms with E-state index in [1.807, 2.05) is 12.1 Å². The summed E-state index contributed by atoms with van der Waals surface area (Å²) in [6.45, 7) is 0.943. The first-order chi connectivity index (χ1) is 9.63. The van der Waals surface area contributed by atoms with Crippen molar-refractivity contribution in [3.63, 3.8) is 0 Å². The fourth-order valence-corrected chi connectivity index (χ4v) is 2.50. The standard InChI is InChI=1S/C14H18BrNO4/c15-11-2-1-3-12(8-11)20-9-13(18)16-14(10-17)4-6-19-7-5-14/h1-3,8,17H,4-7,9-10H2,(H,16,18). The second-order valence-corrected chi connectivity index (χ2v) is 5.76. The molecule has 0 atom stereocenters. The van der Waals surface area contributed by atoms with Gasteiger partial charge in [0.1, 0.15) is 5.75 Å². The van der Waals surface area contributed by atoms with Gasteiger partial charge in [-0.15, -0.1) is 0 Å². The fraction of sp³-hybridized carbons (Fsp3) is 0.500. The Morgan fingerprint density at radius 3 is 2.85 bits per heavy atom. The van der Waals surface area contributed by atoms with Crippen LogP contribution in [0.5, 0.6) is 5.75 Å². The lowest BCUT2D eigenvalue weighted by Crippen LogP contribution is -2.55. The molecular weight excluding hydrogens is 326 g/mol. The van der Waals surface area contributed by atoms with Crippen molar-refractivity contribution in [2.45, 2.75) is 18.4 Å². The van der Waals surface area contributed by atoms with Gasteiger partial charge < -0.3 is 19.9 Å². The first kappa shape index (κ1) is 15.3. The van der Waals surface area contributed by atoms with Crippen LogP contribution in [-0.4, -0.2) is 43.0 Å². The Labute approximate surface area is 126 Å². The van der Waals surface area contributed by atoms with E-state index < -0.39 is 5.54 Å². The zero-order chi connectivity index (χ0) is 14.4. The van der Waals surface area contributed by atoms with Crippen molar-refractivity contribution in [1.29, 1.82) is 0 Å². The van der Waals surface area contributed by atoms with Gasteiger partial charge in [0.25, 0.3) is 5.91 Å². The summed E-state index contributed by atoms with van der Waals surface area (Å²) in [5.41, 5.74) is -0.573. The number of halogens is 1. The average molecular weight is 344 g/mol. The molecule has 5 nitrogen and oxygen atoms in total. The summed E-state index contributed by atoms with van der Waals surface area (Å²) in [7, 11) is 0. The third kappa shape index (κ3) is 4.19. The summed E-state index contributed by atoms with van der Waals surface area (Å²) >= 11 is 3.34. The molecule has 2 rings (SSSR count). The number of hydrogen-bond acceptors (Lipinski definition) is 4. The van der Waals surface area contributed by atoms with Crippen molar-refractivity contribution >= 4 is 21.8 Å². The van der Waals surface area contributed by atoms with Crippen LogP contribution in [0.4, 0.5) is 0 Å². The number of carbonyl (C=O) groups excluding carboxylic acids is 1. The van der Waals surface area contributed by atoms with E-state index in [1.54, 1.807) is 12.1 Å². The molecule has 2 N–H and O–H groups in total. The Kier molecular flexibility index (Phi) is 5.39. The van der Waals surface area contributed by atoms with Crippen molar-refractivity contribution in [2.75, 3.05) is 26.4 Å². The smallest absolute Gasteiger partial charge is 0.258 e. The number of carbonyl (C=O) groups is 1. The van der Waals surface area contributed by atoms with Crippen molar-refractivity contribution < 1.29 is 19.4 Å². The summed E-state index contributed by atoms with van der Waals surface area (Å²) in [4.78, 5) is 11.9. The molecule has 0 aliphatic carbocycles. The number of aliphatic hydroxyl groups is 1. The lowest BCUT2D eigenvalue weighted by Gasteiger charge is -2.36. The summed E-state index contributed by atoms with van der Waals surface area (Å²) in [5.74, 6) is 0.389. The van der Waals surface area contributed by atoms with Gasteiger partial charge in [0.2, 0.25) is 0 Å². The van der Waals surface area contributed by atoms with Crippen LogP contribution >= 0.6 is 15.9 Å². The minimum absolute atomic E-state index is 0.0704. The Hall–Kier alpha value is -1.11. The van der Waals surface area contributed by atoms with E-state index in [4.69, 9.17) is 9.47 Å². The third-order valence-electron chi connectivity index (χ3n) is 3.32. The van der Waals surface area contributed by atoms with Gasteiger partial charge in [-0.3, -0.25) is 4.79 Å². The summed E-state index contributed by atoms with van der Waals surface area (Å²) < 4.78 is 11.6. The van der Waals surface area contributed by atoms with Crippen molar-refractivity contribution in [2.24, 2.45) is 0 Å². The number of hydrogen-bond donors (Lipinski definition) is 2. The lowest BCUT2D eigenvalue weighted by molar-refractivity contribution is -0.127. The maximum atomic E-state index is 11.9. The zero-order valence-corrected chi connectivity index (χ0v) is 12.7. The Balaban J connectivity index is 1.85. The molecule has 20 heavy (non-hydrogen) atoms. The first-order valence-corrected chi connectivity index (χ1v) is 7.31. The molecule has 1 aromatic carbocycles. The number of rotatable bonds is 5. The van der Waals surface area contributed by atoms with Crippen LogP contribution in [0.25, 0.3) is 0 Å². The molecule has 110 valence electrons. The molecule has 1 aliphatic heterocycles. The Morgan fingerprint density at radius 2 is 2.20 bits per heavy atom. The van der Waals surface area contributed by atoms with Crippen LogP contribution in [-0.2, 0) is 9.53 Å². The highest BCUT2D eigenvalue weighted by molar-refractivity contribution is 9.10. The van der Waals surface area contributed by atoms with E-state index >= 15 is 0 Å². The van der Waals surface area contributed by atoms with Gasteiger partial charge in [-0.05, 0) is 31.0 Å². The molecule has 0 unspecified atom stereocenters. The summed E-state index contributed by atoms with van der Waals surface area (Å²) in [6, 6.07) is 7.30. The third-order valence-corrected chi connectivity index (χ3v) is 3.82. The molecule has 0 saturated carbocycles. The molecule has 0 aromatic heterocycles. The average Bonchev–Trinajstić information content (AvgIpc) is 2.46. The van der Waals surface area contributed by atoms with Crippen LogP contribution in [0.3, 0.4) is 0 Å². The highest BCUT2D eigenvalue weighted by atomic mass is 79.9. The molecule has 1 aromatic rings. The number of benzene rings is 1. The fourth-order valence-electron chi connectivity index (χ4n) is 2.12. The summed E-state index contributed by atoms with van der Waals surface area (Å²) in [5, 5.41) is 12.4. The lowest BCUT2D eigenvalue weighted by atomic mass is 9.91. The van der Waals surface area contributed by atoms with Crippen LogP contribution < -0.4 is 10.1 Å². The quantitative estimate of drug-likeness (QED) is 0.849. The summed E-state index contributed by atoms with van der Waals surface area (Å²) in [6.07, 6.45) is 1.23. The molecular formula is C14H18BrNO4. The van der Waals surface area contributed by atoms with E-state index in [9.17, 15) is 9.90 Å². The van der Waals surface area contributed by atoms with Gasteiger partial charge in [0.15, 0.2) is 6.61 Å². The van der Waals surface area contributed by atoms with Gasteiger partial charge in [0, 0.05) is 17.7 Å². The van der Waals surface area contributed by atoms with Crippen molar-refractivity contribution in [1.82, 2.24) is 5.32 Å². The van der Waals surface area contributed by atoms with Crippen molar-refractivity contribution in [3.8, 4) is 5.75 Å². The van der Waals surface area contributed by atoms with Crippen LogP contribution in [0, 0.1) is 0 Å². The van der Waals surface area contributed by atoms with E-state index in [0.717, 1.165) is 4.47 Å². The van der Waals surface area contributed by atoms with Crippen LogP contribution in [0.2, 0.25) is 0 Å². The zero-order valence-electron chi connectivity index (χ0n) is 11.1. The molecule has 0 bridgehead atoms. The minimum Gasteiger partial charge on any atom is -0.484 e. The molecule has 1 fully saturated rings. The Morgan fingerprint density at radius 1 is 1.45 bits per heavy atom. The van der Waals surface area contributed by atoms with E-state index in [-0.39, 0.29) is 19.1 Å². The SMILES string of the molecule is O=C(COc1cccc(Br)c1)NC1(CO)CCOCC1. The van der Waals surface area contributed by atoms with Crippen LogP contribution in [0.15, 0.2) is 28.7 Å². The molecule has 1 heterocycles. The normalized spacial score (nSPS) is 17.5. The number of nitrogens with one attached hydrogen (secondary N) is 1. The first-order valence-electron chi connectivity index (χ1n) is 6.52. The van der Waals surface area contributed by atoms with E-state index in [0.29, 0.717) is 31.8 Å².